The maximum Gasteiger partial charge on any atom is 0.172 e. The first-order valence-corrected chi connectivity index (χ1v) is 5.90. The van der Waals surface area contributed by atoms with Crippen LogP contribution >= 0.6 is 31.9 Å². The second-order valence-corrected chi connectivity index (χ2v) is 4.02. The van der Waals surface area contributed by atoms with E-state index < -0.39 is 0 Å². The van der Waals surface area contributed by atoms with Crippen LogP contribution in [-0.2, 0) is 0 Å². The van der Waals surface area contributed by atoms with E-state index in [1.165, 1.54) is 7.11 Å². The highest BCUT2D eigenvalue weighted by Crippen LogP contribution is 2.36. The van der Waals surface area contributed by atoms with E-state index in [0.29, 0.717) is 10.2 Å². The molecule has 4 heteroatoms. The smallest absolute Gasteiger partial charge is 0.172 e. The van der Waals surface area contributed by atoms with Crippen LogP contribution in [0.1, 0.15) is 5.56 Å². The van der Waals surface area contributed by atoms with E-state index in [0.717, 1.165) is 10.9 Å². The van der Waals surface area contributed by atoms with Gasteiger partial charge in [0.15, 0.2) is 11.5 Å². The van der Waals surface area contributed by atoms with Crippen LogP contribution in [-0.4, -0.2) is 17.5 Å². The predicted octanol–water partition coefficient (Wildman–Crippen LogP) is 3.57. The quantitative estimate of drug-likeness (QED) is 0.862. The number of aromatic hydroxyl groups is 1. The number of methoxy groups -OCH3 is 1. The average molecular weight is 322 g/mol. The summed E-state index contributed by atoms with van der Waals surface area (Å²) >= 11 is 6.59. The Kier molecular flexibility index (Phi) is 4.48. The van der Waals surface area contributed by atoms with Crippen molar-refractivity contribution in [2.75, 3.05) is 12.4 Å². The summed E-state index contributed by atoms with van der Waals surface area (Å²) in [6.45, 7) is 0. The van der Waals surface area contributed by atoms with Gasteiger partial charge in [-0.05, 0) is 33.6 Å². The van der Waals surface area contributed by atoms with E-state index >= 15 is 0 Å². The molecule has 1 N–H and O–H groups in total. The molecule has 0 amide bonds. The molecule has 0 atom stereocenters. The number of ether oxygens (including phenoxy) is 1. The number of alkyl halides is 1. The van der Waals surface area contributed by atoms with Crippen molar-refractivity contribution in [2.45, 2.75) is 0 Å². The van der Waals surface area contributed by atoms with E-state index in [-0.39, 0.29) is 5.75 Å². The fourth-order valence-corrected chi connectivity index (χ4v) is 1.67. The van der Waals surface area contributed by atoms with Crippen molar-refractivity contribution in [3.8, 4) is 11.5 Å². The number of phenolic OH excluding ortho intramolecular Hbond substituents is 1. The lowest BCUT2D eigenvalue weighted by molar-refractivity contribution is 0.372. The molecule has 0 radical (unpaired) electrons. The van der Waals surface area contributed by atoms with Crippen molar-refractivity contribution >= 4 is 37.9 Å². The summed E-state index contributed by atoms with van der Waals surface area (Å²) in [5.41, 5.74) is 0.919. The lowest BCUT2D eigenvalue weighted by Crippen LogP contribution is -1.86. The zero-order chi connectivity index (χ0) is 10.6. The van der Waals surface area contributed by atoms with Crippen molar-refractivity contribution in [3.05, 3.63) is 28.2 Å². The number of rotatable bonds is 3. The summed E-state index contributed by atoms with van der Waals surface area (Å²) in [4.78, 5) is 0. The number of phenols is 1. The van der Waals surface area contributed by atoms with Gasteiger partial charge < -0.3 is 9.84 Å². The maximum absolute atomic E-state index is 9.66. The second-order valence-electron chi connectivity index (χ2n) is 2.58. The second kappa shape index (κ2) is 5.41. The number of hydrogen-bond donors (Lipinski definition) is 1. The highest BCUT2D eigenvalue weighted by molar-refractivity contribution is 9.10. The van der Waals surface area contributed by atoms with Gasteiger partial charge in [-0.1, -0.05) is 28.1 Å². The Morgan fingerprint density at radius 1 is 1.50 bits per heavy atom. The molecule has 0 spiro atoms. The molecule has 0 saturated carbocycles. The van der Waals surface area contributed by atoms with Gasteiger partial charge in [-0.2, -0.15) is 0 Å². The van der Waals surface area contributed by atoms with Crippen molar-refractivity contribution in [2.24, 2.45) is 0 Å². The van der Waals surface area contributed by atoms with Crippen molar-refractivity contribution in [3.63, 3.8) is 0 Å². The summed E-state index contributed by atoms with van der Waals surface area (Å²) in [5, 5.41) is 10.4. The molecular weight excluding hydrogens is 312 g/mol. The molecule has 0 fully saturated rings. The maximum atomic E-state index is 9.66. The van der Waals surface area contributed by atoms with Gasteiger partial charge in [0.1, 0.15) is 0 Å². The third kappa shape index (κ3) is 2.51. The standard InChI is InChI=1S/C10H10Br2O2/c1-14-8-5-4-7(3-2-6-11)9(12)10(8)13/h2-5,13H,6H2,1H3. The monoisotopic (exact) mass is 320 g/mol. The normalized spacial score (nSPS) is 10.8. The lowest BCUT2D eigenvalue weighted by Gasteiger charge is -2.06. The van der Waals surface area contributed by atoms with Gasteiger partial charge in [-0.25, -0.2) is 0 Å². The predicted molar refractivity (Wildman–Crippen MR) is 65.2 cm³/mol. The zero-order valence-electron chi connectivity index (χ0n) is 7.63. The molecule has 0 bridgehead atoms. The van der Waals surface area contributed by atoms with E-state index in [1.54, 1.807) is 6.07 Å². The highest BCUT2D eigenvalue weighted by atomic mass is 79.9. The van der Waals surface area contributed by atoms with Crippen LogP contribution in [0.2, 0.25) is 0 Å². The fraction of sp³-hybridized carbons (Fsp3) is 0.200. The molecule has 0 aliphatic rings. The minimum atomic E-state index is 0.129. The average Bonchev–Trinajstić information content (AvgIpc) is 2.20. The van der Waals surface area contributed by atoms with Gasteiger partial charge in [-0.3, -0.25) is 0 Å². The van der Waals surface area contributed by atoms with E-state index in [4.69, 9.17) is 4.74 Å². The SMILES string of the molecule is COc1ccc(C=CCBr)c(Br)c1O. The Morgan fingerprint density at radius 2 is 2.21 bits per heavy atom. The number of hydrogen-bond acceptors (Lipinski definition) is 2. The summed E-state index contributed by atoms with van der Waals surface area (Å²) in [6.07, 6.45) is 3.87. The minimum Gasteiger partial charge on any atom is -0.503 e. The molecule has 1 rings (SSSR count). The Balaban J connectivity index is 3.10. The van der Waals surface area contributed by atoms with Gasteiger partial charge >= 0.3 is 0 Å². The lowest BCUT2D eigenvalue weighted by atomic mass is 10.2. The molecule has 0 saturated heterocycles. The summed E-state index contributed by atoms with van der Waals surface area (Å²) < 4.78 is 5.62. The molecule has 0 aliphatic heterocycles. The molecule has 0 aliphatic carbocycles. The molecule has 76 valence electrons. The van der Waals surface area contributed by atoms with Crippen LogP contribution in [0.5, 0.6) is 11.5 Å². The molecule has 1 aromatic carbocycles. The Morgan fingerprint density at radius 3 is 2.79 bits per heavy atom. The van der Waals surface area contributed by atoms with Crippen molar-refractivity contribution < 1.29 is 9.84 Å². The topological polar surface area (TPSA) is 29.5 Å². The van der Waals surface area contributed by atoms with E-state index in [1.807, 2.05) is 18.2 Å². The third-order valence-corrected chi connectivity index (χ3v) is 2.92. The van der Waals surface area contributed by atoms with Crippen LogP contribution in [0.15, 0.2) is 22.7 Å². The molecular formula is C10H10Br2O2. The highest BCUT2D eigenvalue weighted by Gasteiger charge is 2.08. The summed E-state index contributed by atoms with van der Waals surface area (Å²) in [5.74, 6) is 0.595. The molecule has 0 unspecified atom stereocenters. The Labute approximate surface area is 99.8 Å². The number of halogens is 2. The van der Waals surface area contributed by atoms with Gasteiger partial charge in [-0.15, -0.1) is 0 Å². The summed E-state index contributed by atoms with van der Waals surface area (Å²) in [7, 11) is 1.52. The molecule has 1 aromatic rings. The van der Waals surface area contributed by atoms with E-state index in [2.05, 4.69) is 31.9 Å². The van der Waals surface area contributed by atoms with Crippen LogP contribution in [0.4, 0.5) is 0 Å². The van der Waals surface area contributed by atoms with Crippen LogP contribution < -0.4 is 4.74 Å². The van der Waals surface area contributed by atoms with Crippen molar-refractivity contribution in [1.29, 1.82) is 0 Å². The molecule has 0 heterocycles. The molecule has 0 aromatic heterocycles. The van der Waals surface area contributed by atoms with Crippen LogP contribution in [0, 0.1) is 0 Å². The first kappa shape index (κ1) is 11.6. The Bertz CT molecular complexity index is 348. The number of benzene rings is 1. The van der Waals surface area contributed by atoms with Crippen LogP contribution in [0.3, 0.4) is 0 Å². The van der Waals surface area contributed by atoms with Gasteiger partial charge in [0, 0.05) is 5.33 Å². The molecule has 14 heavy (non-hydrogen) atoms. The third-order valence-electron chi connectivity index (χ3n) is 1.72. The molecule has 2 nitrogen and oxygen atoms in total. The van der Waals surface area contributed by atoms with Crippen molar-refractivity contribution in [1.82, 2.24) is 0 Å². The Hall–Kier alpha value is -0.480. The van der Waals surface area contributed by atoms with Gasteiger partial charge in [0.2, 0.25) is 0 Å². The fourth-order valence-electron chi connectivity index (χ4n) is 1.03. The minimum absolute atomic E-state index is 0.129. The first-order chi connectivity index (χ1) is 6.70. The van der Waals surface area contributed by atoms with Gasteiger partial charge in [0.25, 0.3) is 0 Å². The first-order valence-electron chi connectivity index (χ1n) is 3.98. The number of allylic oxidation sites excluding steroid dienone is 1. The summed E-state index contributed by atoms with van der Waals surface area (Å²) in [6, 6.07) is 3.61. The van der Waals surface area contributed by atoms with Crippen LogP contribution in [0.25, 0.3) is 6.08 Å². The largest absolute Gasteiger partial charge is 0.503 e. The van der Waals surface area contributed by atoms with Gasteiger partial charge in [0.05, 0.1) is 11.6 Å². The zero-order valence-corrected chi connectivity index (χ0v) is 10.8. The van der Waals surface area contributed by atoms with E-state index in [9.17, 15) is 5.11 Å².